The largest absolute Gasteiger partial charge is 2.00 e. The van der Waals surface area contributed by atoms with Gasteiger partial charge in [-0.2, -0.15) is 22.9 Å². The van der Waals surface area contributed by atoms with Gasteiger partial charge in [-0.05, 0) is 49.8 Å². The number of hydrogen-bond donors (Lipinski definition) is 0. The third-order valence-corrected chi connectivity index (χ3v) is 7.85. The molecular weight excluding hydrogens is 807 g/mol. The van der Waals surface area contributed by atoms with Gasteiger partial charge in [0.25, 0.3) is 0 Å². The SMILES string of the molecule is [2H]C([2H])([2H])c1c(C)nc(-n2c3[c-]c(Oc4[c-]c(-c5ccccn5)ccc4)ccc3c3ccc(Oc4[c-]c(-c5ccccn5)ccc4)[c-]c32)nc1C.[Pd+2].[Pd+2]. The zero-order valence-corrected chi connectivity index (χ0v) is 29.7. The van der Waals surface area contributed by atoms with E-state index in [1.54, 1.807) is 30.8 Å². The molecule has 0 N–H and O–H groups in total. The fourth-order valence-corrected chi connectivity index (χ4v) is 5.54. The maximum Gasteiger partial charge on any atom is 2.00 e. The monoisotopic (exact) mass is 836 g/mol. The Morgan fingerprint density at radius 1 is 0.560 bits per heavy atom. The van der Waals surface area contributed by atoms with E-state index < -0.39 is 6.85 Å². The van der Waals surface area contributed by atoms with E-state index in [9.17, 15) is 0 Å². The van der Waals surface area contributed by atoms with Crippen molar-refractivity contribution in [3.05, 3.63) is 151 Å². The molecule has 4 heterocycles. The summed E-state index contributed by atoms with van der Waals surface area (Å²) in [6.45, 7) is 0.993. The molecule has 0 fully saturated rings. The van der Waals surface area contributed by atoms with Crippen LogP contribution in [0.5, 0.6) is 23.0 Å². The summed E-state index contributed by atoms with van der Waals surface area (Å²) >= 11 is 0. The van der Waals surface area contributed by atoms with E-state index in [1.165, 1.54) is 0 Å². The van der Waals surface area contributed by atoms with Gasteiger partial charge >= 0.3 is 40.8 Å². The molecule has 4 aromatic heterocycles. The Kier molecular flexibility index (Phi) is 9.21. The topological polar surface area (TPSA) is 75.0 Å². The molecule has 7 nitrogen and oxygen atoms in total. The van der Waals surface area contributed by atoms with E-state index in [2.05, 4.69) is 34.2 Å². The Hall–Kier alpha value is -5.02. The van der Waals surface area contributed by atoms with Crippen LogP contribution in [-0.4, -0.2) is 24.5 Å². The molecule has 248 valence electrons. The second-order valence-corrected chi connectivity index (χ2v) is 11.1. The molecule has 0 saturated carbocycles. The second-order valence-electron chi connectivity index (χ2n) is 11.1. The number of rotatable bonds is 7. The van der Waals surface area contributed by atoms with Gasteiger partial charge in [0.15, 0.2) is 0 Å². The Morgan fingerprint density at radius 3 is 1.48 bits per heavy atom. The molecule has 0 saturated heterocycles. The van der Waals surface area contributed by atoms with Crippen LogP contribution in [-0.2, 0) is 40.8 Å². The molecule has 0 aliphatic carbocycles. The summed E-state index contributed by atoms with van der Waals surface area (Å²) in [7, 11) is 0. The first kappa shape index (κ1) is 31.0. The Balaban J connectivity index is 0.00000240. The first-order valence-electron chi connectivity index (χ1n) is 16.7. The number of nitrogens with zero attached hydrogens (tertiary/aromatic N) is 5. The van der Waals surface area contributed by atoms with Crippen LogP contribution in [0, 0.1) is 45.0 Å². The number of aryl methyl sites for hydroxylation is 2. The van der Waals surface area contributed by atoms with Gasteiger partial charge in [0.1, 0.15) is 0 Å². The van der Waals surface area contributed by atoms with Gasteiger partial charge in [0.2, 0.25) is 5.95 Å². The maximum absolute atomic E-state index is 8.06. The fraction of sp³-hybridized carbons (Fsp3) is 0.0732. The molecule has 8 aromatic rings. The van der Waals surface area contributed by atoms with Crippen LogP contribution < -0.4 is 9.47 Å². The van der Waals surface area contributed by atoms with Gasteiger partial charge in [-0.1, -0.05) is 47.4 Å². The molecule has 0 spiro atoms. The van der Waals surface area contributed by atoms with Crippen LogP contribution in [0.15, 0.2) is 109 Å². The number of benzene rings is 4. The summed E-state index contributed by atoms with van der Waals surface area (Å²) < 4.78 is 38.5. The van der Waals surface area contributed by atoms with Crippen LogP contribution in [0.25, 0.3) is 50.3 Å². The Bertz CT molecular complexity index is 2400. The normalized spacial score (nSPS) is 11.9. The fourth-order valence-electron chi connectivity index (χ4n) is 5.54. The molecule has 0 aliphatic rings. The summed E-state index contributed by atoms with van der Waals surface area (Å²) in [5.41, 5.74) is 5.20. The van der Waals surface area contributed by atoms with Crippen LogP contribution in [0.1, 0.15) is 21.1 Å². The average Bonchev–Trinajstić information content (AvgIpc) is 3.44. The summed E-state index contributed by atoms with van der Waals surface area (Å²) in [6, 6.07) is 43.6. The predicted octanol–water partition coefficient (Wildman–Crippen LogP) is 9.40. The number of hydrogen-bond acceptors (Lipinski definition) is 6. The Morgan fingerprint density at radius 2 is 1.04 bits per heavy atom. The molecule has 0 unspecified atom stereocenters. The van der Waals surface area contributed by atoms with Crippen molar-refractivity contribution in [1.82, 2.24) is 24.5 Å². The van der Waals surface area contributed by atoms with Gasteiger partial charge in [0.05, 0.1) is 0 Å². The van der Waals surface area contributed by atoms with Crippen LogP contribution in [0.3, 0.4) is 0 Å². The molecule has 0 aliphatic heterocycles. The number of fused-ring (bicyclic) bond motifs is 3. The van der Waals surface area contributed by atoms with Crippen molar-refractivity contribution in [2.45, 2.75) is 20.7 Å². The summed E-state index contributed by atoms with van der Waals surface area (Å²) in [4.78, 5) is 18.3. The third kappa shape index (κ3) is 6.87. The molecular formula is C41H27N5O2Pd2. The van der Waals surface area contributed by atoms with Gasteiger partial charge in [-0.3, -0.25) is 0 Å². The van der Waals surface area contributed by atoms with Crippen molar-refractivity contribution in [2.75, 3.05) is 0 Å². The average molecular weight is 838 g/mol. The van der Waals surface area contributed by atoms with E-state index in [-0.39, 0.29) is 52.4 Å². The summed E-state index contributed by atoms with van der Waals surface area (Å²) in [6.07, 6.45) is 3.47. The number of aromatic nitrogens is 5. The van der Waals surface area contributed by atoms with E-state index in [1.807, 2.05) is 97.1 Å². The van der Waals surface area contributed by atoms with Crippen molar-refractivity contribution >= 4 is 21.8 Å². The number of pyridine rings is 2. The summed E-state index contributed by atoms with van der Waals surface area (Å²) in [5, 5.41) is 1.68. The quantitative estimate of drug-likeness (QED) is 0.118. The van der Waals surface area contributed by atoms with Gasteiger partial charge in [-0.15, -0.1) is 71.8 Å². The second kappa shape index (κ2) is 14.8. The number of ether oxygens (including phenoxy) is 2. The maximum atomic E-state index is 8.06. The first-order chi connectivity index (χ1) is 24.7. The molecule has 0 bridgehead atoms. The van der Waals surface area contributed by atoms with Crippen LogP contribution >= 0.6 is 0 Å². The van der Waals surface area contributed by atoms with E-state index in [0.717, 1.165) is 33.3 Å². The predicted molar refractivity (Wildman–Crippen MR) is 185 cm³/mol. The standard InChI is InChI=1S/C41H27N5O2.2Pd/c1-26-27(2)44-41(45-28(26)3)46-39-24-33(47-31-12-8-10-29(22-31)37-14-4-6-20-42-37)16-18-35(39)36-19-17-34(25-40(36)46)48-32-13-9-11-30(23-32)38-15-5-7-21-43-38;;/h4-21H,1-3H3;;/q-4;2*+2/i1D3;;. The van der Waals surface area contributed by atoms with Gasteiger partial charge in [0, 0.05) is 50.9 Å². The van der Waals surface area contributed by atoms with Crippen LogP contribution in [0.2, 0.25) is 0 Å². The molecule has 0 amide bonds. The molecule has 8 rings (SSSR count). The van der Waals surface area contributed by atoms with E-state index in [0.29, 0.717) is 45.4 Å². The minimum Gasteiger partial charge on any atom is -0.503 e. The van der Waals surface area contributed by atoms with E-state index in [4.69, 9.17) is 23.6 Å². The Labute approximate surface area is 321 Å². The molecule has 0 radical (unpaired) electrons. The van der Waals surface area contributed by atoms with Crippen molar-refractivity contribution < 1.29 is 54.4 Å². The minimum atomic E-state index is -2.37. The summed E-state index contributed by atoms with van der Waals surface area (Å²) in [5.74, 6) is 2.13. The van der Waals surface area contributed by atoms with Crippen molar-refractivity contribution in [3.8, 4) is 51.5 Å². The minimum absolute atomic E-state index is 0. The molecule has 9 heteroatoms. The molecule has 4 aromatic carbocycles. The zero-order chi connectivity index (χ0) is 35.1. The first-order valence-corrected chi connectivity index (χ1v) is 15.2. The van der Waals surface area contributed by atoms with Crippen molar-refractivity contribution in [3.63, 3.8) is 0 Å². The van der Waals surface area contributed by atoms with Gasteiger partial charge < -0.3 is 24.0 Å². The van der Waals surface area contributed by atoms with E-state index >= 15 is 0 Å². The van der Waals surface area contributed by atoms with Crippen molar-refractivity contribution in [1.29, 1.82) is 0 Å². The molecule has 0 atom stereocenters. The van der Waals surface area contributed by atoms with Gasteiger partial charge in [-0.25, -0.2) is 9.97 Å². The molecule has 50 heavy (non-hydrogen) atoms. The zero-order valence-electron chi connectivity index (χ0n) is 29.6. The van der Waals surface area contributed by atoms with Crippen LogP contribution in [0.4, 0.5) is 0 Å². The van der Waals surface area contributed by atoms with Crippen molar-refractivity contribution in [2.24, 2.45) is 0 Å². The smallest absolute Gasteiger partial charge is 0.503 e. The third-order valence-electron chi connectivity index (χ3n) is 7.85.